The monoisotopic (exact) mass is 420 g/mol. The molecule has 0 saturated carbocycles. The lowest BCUT2D eigenvalue weighted by molar-refractivity contribution is -0.140. The van der Waals surface area contributed by atoms with Gasteiger partial charge in [0.05, 0.1) is 25.4 Å². The summed E-state index contributed by atoms with van der Waals surface area (Å²) in [6, 6.07) is 7.78. The van der Waals surface area contributed by atoms with Gasteiger partial charge >= 0.3 is 11.9 Å². The lowest BCUT2D eigenvalue weighted by Gasteiger charge is -2.33. The van der Waals surface area contributed by atoms with Crippen LogP contribution < -0.4 is 5.32 Å². The summed E-state index contributed by atoms with van der Waals surface area (Å²) >= 11 is 0. The molecule has 0 aromatic heterocycles. The van der Waals surface area contributed by atoms with Crippen molar-refractivity contribution in [2.24, 2.45) is 0 Å². The van der Waals surface area contributed by atoms with Crippen LogP contribution in [-0.2, 0) is 16.0 Å². The van der Waals surface area contributed by atoms with Gasteiger partial charge in [-0.15, -0.1) is 0 Å². The van der Waals surface area contributed by atoms with E-state index in [1.165, 1.54) is 0 Å². The number of aliphatic carboxylic acids is 2. The highest BCUT2D eigenvalue weighted by molar-refractivity contribution is 5.69. The van der Waals surface area contributed by atoms with Gasteiger partial charge in [0.1, 0.15) is 0 Å². The number of hydrogen-bond acceptors (Lipinski definition) is 7. The predicted molar refractivity (Wildman–Crippen MR) is 115 cm³/mol. The fourth-order valence-electron chi connectivity index (χ4n) is 3.76. The SMILES string of the molecule is C=C(O)CN1CCN(CC(=O)O)CC(Cc2ccc(NC)cc2)N(CC(=O)O)CC1. The van der Waals surface area contributed by atoms with Gasteiger partial charge in [0.15, 0.2) is 0 Å². The van der Waals surface area contributed by atoms with Crippen LogP contribution in [0.15, 0.2) is 36.6 Å². The van der Waals surface area contributed by atoms with E-state index in [4.69, 9.17) is 0 Å². The molecule has 1 fully saturated rings. The van der Waals surface area contributed by atoms with Crippen molar-refractivity contribution in [3.05, 3.63) is 42.2 Å². The average molecular weight is 421 g/mol. The van der Waals surface area contributed by atoms with Crippen molar-refractivity contribution >= 4 is 17.6 Å². The third kappa shape index (κ3) is 8.02. The zero-order valence-electron chi connectivity index (χ0n) is 17.5. The molecular weight excluding hydrogens is 388 g/mol. The van der Waals surface area contributed by atoms with Gasteiger partial charge in [-0.1, -0.05) is 18.7 Å². The molecule has 1 saturated heterocycles. The summed E-state index contributed by atoms with van der Waals surface area (Å²) < 4.78 is 0. The molecule has 1 unspecified atom stereocenters. The van der Waals surface area contributed by atoms with Crippen LogP contribution in [-0.4, -0.2) is 107 Å². The number of aliphatic hydroxyl groups is 1. The first-order valence-corrected chi connectivity index (χ1v) is 10.0. The number of nitrogens with zero attached hydrogens (tertiary/aromatic N) is 3. The standard InChI is InChI=1S/C21H32N4O5/c1-16(26)12-23-7-8-24(14-20(27)28)13-19(25(10-9-23)15-21(29)30)11-17-3-5-18(22-2)6-4-17/h3-6,19,22,26H,1,7-15H2,2H3,(H,27,28)(H,29,30). The quantitative estimate of drug-likeness (QED) is 0.430. The molecule has 0 aliphatic carbocycles. The van der Waals surface area contributed by atoms with Gasteiger partial charge in [0.25, 0.3) is 0 Å². The Hall–Kier alpha value is -2.62. The van der Waals surface area contributed by atoms with Crippen LogP contribution in [0.1, 0.15) is 5.56 Å². The van der Waals surface area contributed by atoms with Gasteiger partial charge in [-0.05, 0) is 24.1 Å². The molecule has 0 bridgehead atoms. The van der Waals surface area contributed by atoms with Crippen LogP contribution in [0.5, 0.6) is 0 Å². The van der Waals surface area contributed by atoms with Gasteiger partial charge < -0.3 is 20.6 Å². The highest BCUT2D eigenvalue weighted by Gasteiger charge is 2.27. The van der Waals surface area contributed by atoms with Gasteiger partial charge in [-0.3, -0.25) is 24.3 Å². The number of carboxylic acids is 2. The Kier molecular flexibility index (Phi) is 9.10. The number of rotatable bonds is 9. The van der Waals surface area contributed by atoms with Crippen molar-refractivity contribution in [1.82, 2.24) is 14.7 Å². The number of benzene rings is 1. The molecular formula is C21H32N4O5. The lowest BCUT2D eigenvalue weighted by atomic mass is 10.0. The van der Waals surface area contributed by atoms with E-state index in [0.29, 0.717) is 39.1 Å². The molecule has 1 atom stereocenters. The van der Waals surface area contributed by atoms with E-state index in [0.717, 1.165) is 11.3 Å². The molecule has 9 nitrogen and oxygen atoms in total. The van der Waals surface area contributed by atoms with Crippen LogP contribution in [0, 0.1) is 0 Å². The Morgan fingerprint density at radius 1 is 0.967 bits per heavy atom. The Morgan fingerprint density at radius 3 is 2.13 bits per heavy atom. The molecule has 0 radical (unpaired) electrons. The summed E-state index contributed by atoms with van der Waals surface area (Å²) in [5, 5.41) is 31.4. The summed E-state index contributed by atoms with van der Waals surface area (Å²) in [6.07, 6.45) is 0.611. The number of aliphatic hydroxyl groups excluding tert-OH is 1. The third-order valence-corrected chi connectivity index (χ3v) is 5.24. The molecule has 1 aromatic rings. The van der Waals surface area contributed by atoms with Crippen molar-refractivity contribution in [2.75, 3.05) is 64.7 Å². The highest BCUT2D eigenvalue weighted by atomic mass is 16.4. The smallest absolute Gasteiger partial charge is 0.317 e. The number of anilines is 1. The Bertz CT molecular complexity index is 725. The van der Waals surface area contributed by atoms with Crippen molar-refractivity contribution < 1.29 is 24.9 Å². The maximum Gasteiger partial charge on any atom is 0.317 e. The van der Waals surface area contributed by atoms with Crippen molar-refractivity contribution in [3.63, 3.8) is 0 Å². The van der Waals surface area contributed by atoms with Gasteiger partial charge in [0, 0.05) is 51.5 Å². The van der Waals surface area contributed by atoms with E-state index in [9.17, 15) is 24.9 Å². The maximum atomic E-state index is 11.5. The largest absolute Gasteiger partial charge is 0.512 e. The topological polar surface area (TPSA) is 117 Å². The second-order valence-corrected chi connectivity index (χ2v) is 7.64. The number of nitrogens with one attached hydrogen (secondary N) is 1. The number of hydrogen-bond donors (Lipinski definition) is 4. The maximum absolute atomic E-state index is 11.5. The van der Waals surface area contributed by atoms with Crippen LogP contribution in [0.3, 0.4) is 0 Å². The third-order valence-electron chi connectivity index (χ3n) is 5.24. The first kappa shape index (κ1) is 23.7. The Labute approximate surface area is 177 Å². The molecule has 1 aromatic carbocycles. The van der Waals surface area contributed by atoms with E-state index in [1.54, 1.807) is 0 Å². The second-order valence-electron chi connectivity index (χ2n) is 7.64. The predicted octanol–water partition coefficient (Wildman–Crippen LogP) is 0.800. The fourth-order valence-corrected chi connectivity index (χ4v) is 3.76. The summed E-state index contributed by atoms with van der Waals surface area (Å²) in [5.74, 6) is -1.81. The van der Waals surface area contributed by atoms with Crippen molar-refractivity contribution in [1.29, 1.82) is 0 Å². The molecule has 9 heteroatoms. The van der Waals surface area contributed by atoms with Crippen LogP contribution in [0.2, 0.25) is 0 Å². The number of carboxylic acid groups (broad SMARTS) is 2. The normalized spacial score (nSPS) is 19.4. The van der Waals surface area contributed by atoms with E-state index in [-0.39, 0.29) is 31.4 Å². The first-order chi connectivity index (χ1) is 14.3. The molecule has 1 aliphatic heterocycles. The summed E-state index contributed by atoms with van der Waals surface area (Å²) in [5.41, 5.74) is 2.05. The van der Waals surface area contributed by atoms with Gasteiger partial charge in [-0.2, -0.15) is 0 Å². The van der Waals surface area contributed by atoms with Gasteiger partial charge in [-0.25, -0.2) is 0 Å². The minimum absolute atomic E-state index is 0.0324. The van der Waals surface area contributed by atoms with E-state index in [1.807, 2.05) is 46.0 Å². The van der Waals surface area contributed by atoms with Gasteiger partial charge in [0.2, 0.25) is 0 Å². The zero-order valence-corrected chi connectivity index (χ0v) is 17.5. The zero-order chi connectivity index (χ0) is 22.1. The Morgan fingerprint density at radius 2 is 1.57 bits per heavy atom. The van der Waals surface area contributed by atoms with Crippen LogP contribution in [0.25, 0.3) is 0 Å². The minimum atomic E-state index is -0.923. The van der Waals surface area contributed by atoms with E-state index < -0.39 is 11.9 Å². The molecule has 1 aliphatic rings. The number of carbonyl (C=O) groups is 2. The minimum Gasteiger partial charge on any atom is -0.512 e. The molecule has 0 amide bonds. The molecule has 2 rings (SSSR count). The summed E-state index contributed by atoms with van der Waals surface area (Å²) in [4.78, 5) is 28.6. The molecule has 166 valence electrons. The van der Waals surface area contributed by atoms with Crippen molar-refractivity contribution in [2.45, 2.75) is 12.5 Å². The van der Waals surface area contributed by atoms with Crippen LogP contribution in [0.4, 0.5) is 5.69 Å². The van der Waals surface area contributed by atoms with Crippen molar-refractivity contribution in [3.8, 4) is 0 Å². The van der Waals surface area contributed by atoms with E-state index in [2.05, 4.69) is 11.9 Å². The highest BCUT2D eigenvalue weighted by Crippen LogP contribution is 2.16. The molecule has 30 heavy (non-hydrogen) atoms. The second kappa shape index (κ2) is 11.5. The molecule has 1 heterocycles. The lowest BCUT2D eigenvalue weighted by Crippen LogP contribution is -2.48. The van der Waals surface area contributed by atoms with E-state index >= 15 is 0 Å². The molecule has 0 spiro atoms. The average Bonchev–Trinajstić information content (AvgIpc) is 2.73. The summed E-state index contributed by atoms with van der Waals surface area (Å²) in [6.45, 7) is 6.14. The summed E-state index contributed by atoms with van der Waals surface area (Å²) in [7, 11) is 1.85. The first-order valence-electron chi connectivity index (χ1n) is 10.0. The van der Waals surface area contributed by atoms with Crippen LogP contribution >= 0.6 is 0 Å². The fraction of sp³-hybridized carbons (Fsp3) is 0.524. The molecule has 4 N–H and O–H groups in total. The Balaban J connectivity index is 2.26.